The lowest BCUT2D eigenvalue weighted by atomic mass is 9.88. The monoisotopic (exact) mass is 344 g/mol. The van der Waals surface area contributed by atoms with E-state index in [1.807, 2.05) is 23.1 Å². The highest BCUT2D eigenvalue weighted by Crippen LogP contribution is 2.27. The van der Waals surface area contributed by atoms with Gasteiger partial charge in [-0.3, -0.25) is 4.79 Å². The summed E-state index contributed by atoms with van der Waals surface area (Å²) in [7, 11) is 2.07. The van der Waals surface area contributed by atoms with Crippen LogP contribution in [-0.2, 0) is 11.2 Å². The summed E-state index contributed by atoms with van der Waals surface area (Å²) < 4.78 is 0. The van der Waals surface area contributed by atoms with Crippen LogP contribution in [0.3, 0.4) is 0 Å². The van der Waals surface area contributed by atoms with Crippen LogP contribution in [0.1, 0.15) is 50.5 Å². The number of piperidine rings is 1. The maximum absolute atomic E-state index is 12.9. The molecule has 1 aromatic rings. The average molecular weight is 344 g/mol. The second-order valence-corrected chi connectivity index (χ2v) is 7.87. The van der Waals surface area contributed by atoms with Gasteiger partial charge in [0.1, 0.15) is 0 Å². The molecule has 25 heavy (non-hydrogen) atoms. The molecule has 138 valence electrons. The van der Waals surface area contributed by atoms with Crippen molar-refractivity contribution in [3.8, 4) is 0 Å². The summed E-state index contributed by atoms with van der Waals surface area (Å²) in [6, 6.07) is 10.8. The van der Waals surface area contributed by atoms with Crippen molar-refractivity contribution in [1.82, 2.24) is 9.80 Å². The normalized spacial score (nSPS) is 25.6. The van der Waals surface area contributed by atoms with Crippen molar-refractivity contribution >= 4 is 5.91 Å². The molecule has 0 radical (unpaired) electrons. The highest BCUT2D eigenvalue weighted by molar-refractivity contribution is 5.86. The first kappa shape index (κ1) is 18.4. The van der Waals surface area contributed by atoms with Crippen molar-refractivity contribution in [2.24, 2.45) is 0 Å². The molecule has 4 heteroatoms. The Hall–Kier alpha value is -1.39. The molecule has 2 aliphatic rings. The second-order valence-electron chi connectivity index (χ2n) is 7.87. The minimum atomic E-state index is -1.21. The first-order valence-corrected chi connectivity index (χ1v) is 9.84. The molecule has 0 bridgehead atoms. The summed E-state index contributed by atoms with van der Waals surface area (Å²) in [6.45, 7) is 1.93. The van der Waals surface area contributed by atoms with Gasteiger partial charge in [-0.2, -0.15) is 0 Å². The summed E-state index contributed by atoms with van der Waals surface area (Å²) in [5.41, 5.74) is 0.0324. The molecule has 1 saturated heterocycles. The van der Waals surface area contributed by atoms with Gasteiger partial charge >= 0.3 is 0 Å². The molecule has 0 aromatic heterocycles. The largest absolute Gasteiger partial charge is 0.379 e. The molecule has 1 amide bonds. The molecule has 1 N–H and O–H groups in total. The molecule has 1 saturated carbocycles. The van der Waals surface area contributed by atoms with Gasteiger partial charge < -0.3 is 14.9 Å². The number of rotatable bonds is 6. The highest BCUT2D eigenvalue weighted by atomic mass is 16.3. The van der Waals surface area contributed by atoms with E-state index in [1.165, 1.54) is 37.7 Å². The van der Waals surface area contributed by atoms with Gasteiger partial charge in [-0.05, 0) is 44.7 Å². The molecule has 1 aliphatic heterocycles. The highest BCUT2D eigenvalue weighted by Gasteiger charge is 2.43. The van der Waals surface area contributed by atoms with Crippen molar-refractivity contribution in [3.63, 3.8) is 0 Å². The van der Waals surface area contributed by atoms with Crippen LogP contribution in [0.4, 0.5) is 0 Å². The van der Waals surface area contributed by atoms with Crippen LogP contribution < -0.4 is 0 Å². The number of carbonyl (C=O) groups excluding carboxylic acids is 1. The molecule has 1 aromatic carbocycles. The lowest BCUT2D eigenvalue weighted by Crippen LogP contribution is -2.59. The molecule has 1 atom stereocenters. The zero-order valence-electron chi connectivity index (χ0n) is 15.5. The van der Waals surface area contributed by atoms with Crippen LogP contribution in [0.2, 0.25) is 0 Å². The van der Waals surface area contributed by atoms with Crippen LogP contribution in [0.15, 0.2) is 30.3 Å². The van der Waals surface area contributed by atoms with Gasteiger partial charge in [-0.15, -0.1) is 0 Å². The number of likely N-dealkylation sites (N-methyl/N-ethyl adjacent to an activating group) is 1. The third-order valence-corrected chi connectivity index (χ3v) is 5.93. The zero-order valence-corrected chi connectivity index (χ0v) is 15.5. The first-order chi connectivity index (χ1) is 12.1. The SMILES string of the molecule is CN(C[C@]1(O)CCCN(CCc2ccccc2)C1=O)C1CCCCC1. The van der Waals surface area contributed by atoms with E-state index >= 15 is 0 Å². The Morgan fingerprint density at radius 2 is 1.88 bits per heavy atom. The molecular formula is C21H32N2O2. The number of hydrogen-bond donors (Lipinski definition) is 1. The summed E-state index contributed by atoms with van der Waals surface area (Å²) in [5, 5.41) is 11.1. The fourth-order valence-electron chi connectivity index (χ4n) is 4.40. The van der Waals surface area contributed by atoms with E-state index in [0.717, 1.165) is 19.4 Å². The number of carbonyl (C=O) groups is 1. The van der Waals surface area contributed by atoms with E-state index in [2.05, 4.69) is 24.1 Å². The van der Waals surface area contributed by atoms with Gasteiger partial charge in [0, 0.05) is 25.7 Å². The summed E-state index contributed by atoms with van der Waals surface area (Å²) in [4.78, 5) is 17.0. The quantitative estimate of drug-likeness (QED) is 0.863. The minimum absolute atomic E-state index is 0.0719. The fourth-order valence-corrected chi connectivity index (χ4v) is 4.40. The van der Waals surface area contributed by atoms with Gasteiger partial charge in [-0.25, -0.2) is 0 Å². The predicted molar refractivity (Wildman–Crippen MR) is 100 cm³/mol. The van der Waals surface area contributed by atoms with Gasteiger partial charge in [0.15, 0.2) is 5.60 Å². The van der Waals surface area contributed by atoms with Gasteiger partial charge in [0.2, 0.25) is 0 Å². The maximum Gasteiger partial charge on any atom is 0.255 e. The van der Waals surface area contributed by atoms with Gasteiger partial charge in [0.25, 0.3) is 5.91 Å². The van der Waals surface area contributed by atoms with E-state index in [4.69, 9.17) is 0 Å². The van der Waals surface area contributed by atoms with Crippen LogP contribution in [0.5, 0.6) is 0 Å². The molecule has 0 unspecified atom stereocenters. The molecule has 4 nitrogen and oxygen atoms in total. The van der Waals surface area contributed by atoms with Crippen molar-refractivity contribution in [2.45, 2.75) is 63.0 Å². The predicted octanol–water partition coefficient (Wildman–Crippen LogP) is 2.85. The maximum atomic E-state index is 12.9. The molecular weight excluding hydrogens is 312 g/mol. The van der Waals surface area contributed by atoms with Crippen LogP contribution in [-0.4, -0.2) is 59.1 Å². The number of nitrogens with zero attached hydrogens (tertiary/aromatic N) is 2. The number of hydrogen-bond acceptors (Lipinski definition) is 3. The van der Waals surface area contributed by atoms with Gasteiger partial charge in [0.05, 0.1) is 0 Å². The second kappa shape index (κ2) is 8.33. The number of likely N-dealkylation sites (tertiary alicyclic amines) is 1. The number of amides is 1. The van der Waals surface area contributed by atoms with Gasteiger partial charge in [-0.1, -0.05) is 49.6 Å². The standard InChI is InChI=1S/C21H32N2O2/c1-22(19-11-6-3-7-12-19)17-21(25)14-8-15-23(20(21)24)16-13-18-9-4-2-5-10-18/h2,4-5,9-10,19,25H,3,6-8,11-17H2,1H3/t21-/m1/s1. The van der Waals surface area contributed by atoms with Crippen molar-refractivity contribution < 1.29 is 9.90 Å². The lowest BCUT2D eigenvalue weighted by molar-refractivity contribution is -0.159. The molecule has 2 fully saturated rings. The lowest BCUT2D eigenvalue weighted by Gasteiger charge is -2.42. The van der Waals surface area contributed by atoms with Crippen molar-refractivity contribution in [3.05, 3.63) is 35.9 Å². The third-order valence-electron chi connectivity index (χ3n) is 5.93. The van der Waals surface area contributed by atoms with Crippen molar-refractivity contribution in [2.75, 3.05) is 26.7 Å². The fraction of sp³-hybridized carbons (Fsp3) is 0.667. The smallest absolute Gasteiger partial charge is 0.255 e. The van der Waals surface area contributed by atoms with E-state index < -0.39 is 5.60 Å². The Labute approximate surface area is 151 Å². The van der Waals surface area contributed by atoms with Crippen LogP contribution in [0.25, 0.3) is 0 Å². The van der Waals surface area contributed by atoms with E-state index in [-0.39, 0.29) is 5.91 Å². The first-order valence-electron chi connectivity index (χ1n) is 9.84. The summed E-state index contributed by atoms with van der Waals surface area (Å²) in [5.74, 6) is -0.0719. The van der Waals surface area contributed by atoms with Crippen molar-refractivity contribution in [1.29, 1.82) is 0 Å². The molecule has 0 spiro atoms. The Morgan fingerprint density at radius 3 is 2.60 bits per heavy atom. The minimum Gasteiger partial charge on any atom is -0.379 e. The van der Waals surface area contributed by atoms with Crippen LogP contribution >= 0.6 is 0 Å². The Kier molecular flexibility index (Phi) is 6.13. The van der Waals surface area contributed by atoms with E-state index in [0.29, 0.717) is 25.6 Å². The third kappa shape index (κ3) is 4.62. The Balaban J connectivity index is 1.57. The Bertz CT molecular complexity index is 556. The van der Waals surface area contributed by atoms with E-state index in [9.17, 15) is 9.90 Å². The number of aliphatic hydroxyl groups is 1. The molecule has 1 heterocycles. The van der Waals surface area contributed by atoms with Crippen LogP contribution in [0, 0.1) is 0 Å². The summed E-state index contributed by atoms with van der Waals surface area (Å²) >= 11 is 0. The summed E-state index contributed by atoms with van der Waals surface area (Å²) in [6.07, 6.45) is 8.56. The average Bonchev–Trinajstić information content (AvgIpc) is 2.64. The molecule has 1 aliphatic carbocycles. The Morgan fingerprint density at radius 1 is 1.16 bits per heavy atom. The number of benzene rings is 1. The van der Waals surface area contributed by atoms with E-state index in [1.54, 1.807) is 0 Å². The zero-order chi connectivity index (χ0) is 17.7. The topological polar surface area (TPSA) is 43.8 Å². The molecule has 3 rings (SSSR count).